The molecule has 0 amide bonds. The molecule has 0 saturated heterocycles. The number of carbonyl (C=O) groups excluding carboxylic acids is 2. The molecule has 0 fully saturated rings. The minimum atomic E-state index is -0.648. The molecule has 7 heterocycles. The Morgan fingerprint density at radius 2 is 0.889 bits per heavy atom. The number of esters is 2. The van der Waals surface area contributed by atoms with E-state index in [9.17, 15) is 9.59 Å². The molecule has 0 radical (unpaired) electrons. The van der Waals surface area contributed by atoms with Gasteiger partial charge in [0.1, 0.15) is 0 Å². The monoisotopic (exact) mass is 706 g/mol. The van der Waals surface area contributed by atoms with Gasteiger partial charge in [0, 0.05) is 67.2 Å². The predicted molar refractivity (Wildman–Crippen MR) is 210 cm³/mol. The number of H-pyrrole nitrogens is 2. The van der Waals surface area contributed by atoms with Crippen LogP contribution >= 0.6 is 0 Å². The topological polar surface area (TPSA) is 136 Å². The van der Waals surface area contributed by atoms with Crippen molar-refractivity contribution in [2.24, 2.45) is 0 Å². The second-order valence-corrected chi connectivity index (χ2v) is 13.1. The van der Waals surface area contributed by atoms with Crippen molar-refractivity contribution >= 4 is 66.6 Å². The van der Waals surface area contributed by atoms with Gasteiger partial charge in [0.25, 0.3) is 0 Å². The summed E-state index contributed by atoms with van der Waals surface area (Å²) in [4.78, 5) is 54.6. The first-order valence-corrected chi connectivity index (χ1v) is 17.8. The lowest BCUT2D eigenvalue weighted by molar-refractivity contribution is 0.0483. The molecule has 54 heavy (non-hydrogen) atoms. The third kappa shape index (κ3) is 4.73. The zero-order valence-corrected chi connectivity index (χ0v) is 29.2. The summed E-state index contributed by atoms with van der Waals surface area (Å²) in [5, 5.41) is 3.90. The first-order valence-electron chi connectivity index (χ1n) is 17.8. The van der Waals surface area contributed by atoms with Gasteiger partial charge in [-0.05, 0) is 50.2 Å². The highest BCUT2D eigenvalue weighted by Crippen LogP contribution is 2.43. The van der Waals surface area contributed by atoms with Crippen LogP contribution in [-0.2, 0) is 9.47 Å². The van der Waals surface area contributed by atoms with Crippen LogP contribution in [0.4, 0.5) is 0 Å². The molecular formula is C44H30N6O4. The van der Waals surface area contributed by atoms with Gasteiger partial charge in [0.05, 0.1) is 69.2 Å². The summed E-state index contributed by atoms with van der Waals surface area (Å²) < 4.78 is 11.1. The van der Waals surface area contributed by atoms with Crippen LogP contribution in [0.5, 0.6) is 0 Å². The van der Waals surface area contributed by atoms with Crippen LogP contribution in [0.15, 0.2) is 109 Å². The molecule has 260 valence electrons. The number of aromatic nitrogens is 6. The predicted octanol–water partition coefficient (Wildman–Crippen LogP) is 9.59. The van der Waals surface area contributed by atoms with Crippen molar-refractivity contribution in [3.8, 4) is 45.0 Å². The number of benzene rings is 3. The maximum Gasteiger partial charge on any atom is 0.341 e. The number of aromatic amines is 2. The van der Waals surface area contributed by atoms with Gasteiger partial charge >= 0.3 is 11.9 Å². The fourth-order valence-electron chi connectivity index (χ4n) is 7.84. The SMILES string of the molecule is CCOC(=O)c1c(C(=O)OCC)c2cc3nc(cc4[nH]c(cc5nc(cc1[nH]2)-c1ccccc1-5)c1c2cccnc2c2ncccc2c41)-c1ccccc1-3. The Kier molecular flexibility index (Phi) is 7.12. The van der Waals surface area contributed by atoms with Gasteiger partial charge in [0.15, 0.2) is 0 Å². The van der Waals surface area contributed by atoms with E-state index in [1.165, 1.54) is 0 Å². The largest absolute Gasteiger partial charge is 0.462 e. The molecule has 2 N–H and O–H groups in total. The summed E-state index contributed by atoms with van der Waals surface area (Å²) in [7, 11) is 0. The summed E-state index contributed by atoms with van der Waals surface area (Å²) in [6, 6.07) is 31.7. The molecule has 10 rings (SSSR count). The quantitative estimate of drug-likeness (QED) is 0.136. The van der Waals surface area contributed by atoms with Gasteiger partial charge < -0.3 is 19.4 Å². The van der Waals surface area contributed by atoms with Crippen LogP contribution < -0.4 is 0 Å². The molecule has 0 unspecified atom stereocenters. The number of ether oxygens (including phenoxy) is 2. The van der Waals surface area contributed by atoms with Crippen molar-refractivity contribution in [1.82, 2.24) is 29.9 Å². The second-order valence-electron chi connectivity index (χ2n) is 13.1. The van der Waals surface area contributed by atoms with E-state index in [1.807, 2.05) is 60.7 Å². The number of pyridine rings is 2. The minimum Gasteiger partial charge on any atom is -0.462 e. The molecular weight excluding hydrogens is 677 g/mol. The van der Waals surface area contributed by atoms with Crippen molar-refractivity contribution in [1.29, 1.82) is 0 Å². The highest BCUT2D eigenvalue weighted by molar-refractivity contribution is 6.32. The number of nitrogens with zero attached hydrogens (tertiary/aromatic N) is 4. The normalized spacial score (nSPS) is 11.8. The molecule has 0 spiro atoms. The van der Waals surface area contributed by atoms with Gasteiger partial charge in [-0.2, -0.15) is 0 Å². The van der Waals surface area contributed by atoms with Crippen molar-refractivity contribution in [3.63, 3.8) is 0 Å². The van der Waals surface area contributed by atoms with Gasteiger partial charge in [0.2, 0.25) is 0 Å². The number of fused-ring (bicyclic) bond motifs is 22. The summed E-state index contributed by atoms with van der Waals surface area (Å²) >= 11 is 0. The van der Waals surface area contributed by atoms with E-state index in [0.29, 0.717) is 22.4 Å². The molecule has 8 aromatic rings. The molecule has 8 bridgehead atoms. The number of rotatable bonds is 4. The summed E-state index contributed by atoms with van der Waals surface area (Å²) in [5.74, 6) is -1.30. The van der Waals surface area contributed by atoms with Crippen LogP contribution in [0.2, 0.25) is 0 Å². The highest BCUT2D eigenvalue weighted by Gasteiger charge is 2.28. The van der Waals surface area contributed by atoms with E-state index < -0.39 is 11.9 Å². The third-order valence-electron chi connectivity index (χ3n) is 10.0. The van der Waals surface area contributed by atoms with Crippen LogP contribution in [-0.4, -0.2) is 55.1 Å². The number of hydrogen-bond acceptors (Lipinski definition) is 8. The van der Waals surface area contributed by atoms with Crippen molar-refractivity contribution in [2.75, 3.05) is 13.2 Å². The summed E-state index contributed by atoms with van der Waals surface area (Å²) in [6.45, 7) is 3.70. The van der Waals surface area contributed by atoms with Crippen LogP contribution in [0.1, 0.15) is 34.6 Å². The number of hydrogen-bond donors (Lipinski definition) is 2. The first kappa shape index (κ1) is 31.5. The molecule has 5 aromatic heterocycles. The third-order valence-corrected chi connectivity index (χ3v) is 10.0. The van der Waals surface area contributed by atoms with E-state index >= 15 is 0 Å². The van der Waals surface area contributed by atoms with Crippen LogP contribution in [0, 0.1) is 0 Å². The average molecular weight is 707 g/mol. The molecule has 0 saturated carbocycles. The summed E-state index contributed by atoms with van der Waals surface area (Å²) in [6.07, 6.45) is 3.59. The Morgan fingerprint density at radius 3 is 1.28 bits per heavy atom. The highest BCUT2D eigenvalue weighted by atomic mass is 16.5. The maximum atomic E-state index is 13.7. The van der Waals surface area contributed by atoms with Crippen molar-refractivity contribution in [2.45, 2.75) is 13.8 Å². The Morgan fingerprint density at radius 1 is 0.519 bits per heavy atom. The average Bonchev–Trinajstić information content (AvgIpc) is 3.94. The molecule has 10 nitrogen and oxygen atoms in total. The smallest absolute Gasteiger partial charge is 0.341 e. The maximum absolute atomic E-state index is 13.7. The molecule has 10 heteroatoms. The Balaban J connectivity index is 1.45. The van der Waals surface area contributed by atoms with Gasteiger partial charge in [-0.15, -0.1) is 0 Å². The van der Waals surface area contributed by atoms with E-state index in [-0.39, 0.29) is 24.3 Å². The van der Waals surface area contributed by atoms with E-state index in [4.69, 9.17) is 29.4 Å². The Hall–Kier alpha value is -7.20. The number of carbonyl (C=O) groups is 2. The lowest BCUT2D eigenvalue weighted by atomic mass is 10.00. The molecule has 3 aromatic carbocycles. The summed E-state index contributed by atoms with van der Waals surface area (Å²) in [5.41, 5.74) is 10.5. The van der Waals surface area contributed by atoms with E-state index in [1.54, 1.807) is 38.4 Å². The van der Waals surface area contributed by atoms with Crippen LogP contribution in [0.3, 0.4) is 0 Å². The lowest BCUT2D eigenvalue weighted by Crippen LogP contribution is -2.12. The minimum absolute atomic E-state index is 0.0742. The van der Waals surface area contributed by atoms with E-state index in [2.05, 4.69) is 34.2 Å². The van der Waals surface area contributed by atoms with Crippen molar-refractivity contribution in [3.05, 3.63) is 121 Å². The van der Waals surface area contributed by atoms with E-state index in [0.717, 1.165) is 77.3 Å². The van der Waals surface area contributed by atoms with Gasteiger partial charge in [-0.1, -0.05) is 60.7 Å². The molecule has 2 aliphatic rings. The Labute approximate surface area is 307 Å². The molecule has 0 atom stereocenters. The zero-order chi connectivity index (χ0) is 36.5. The number of nitrogens with one attached hydrogen (secondary N) is 2. The molecule has 0 aliphatic carbocycles. The van der Waals surface area contributed by atoms with Gasteiger partial charge in [-0.3, -0.25) is 9.97 Å². The standard InChI is InChI=1S/C44H30N6O4/c1-3-53-43(51)39-35-21-31-25-13-7-5-11-23(25)29(47-31)19-33-37-27-15-9-17-45-41(27)42-28(16-10-18-46-42)38(37)34(49-33)20-30-24-12-6-8-14-26(24)32(48-30)22-36(50-35)40(39)44(52)54-4-2/h5-22,49-50H,3-4H2,1-2H3. The fourth-order valence-corrected chi connectivity index (χ4v) is 7.84. The first-order chi connectivity index (χ1) is 26.5. The lowest BCUT2D eigenvalue weighted by Gasteiger charge is -2.06. The Bertz CT molecular complexity index is 2890. The van der Waals surface area contributed by atoms with Gasteiger partial charge in [-0.25, -0.2) is 19.6 Å². The second kappa shape index (κ2) is 12.2. The molecule has 2 aliphatic heterocycles. The fraction of sp³-hybridized carbons (Fsp3) is 0.0909. The zero-order valence-electron chi connectivity index (χ0n) is 29.2. The van der Waals surface area contributed by atoms with Crippen LogP contribution in [0.25, 0.3) is 99.7 Å². The van der Waals surface area contributed by atoms with Crippen molar-refractivity contribution < 1.29 is 19.1 Å².